The van der Waals surface area contributed by atoms with E-state index in [9.17, 15) is 5.11 Å². The summed E-state index contributed by atoms with van der Waals surface area (Å²) in [6.45, 7) is 4.39. The van der Waals surface area contributed by atoms with E-state index in [-0.39, 0.29) is 0 Å². The standard InChI is InChI=1S/C14H18N2O2/c1-10-4-5-14(18-3)12(8-10)13(17)9-16-7-6-15-11(16)2/h4-8,13,17H,9H2,1-3H3. The van der Waals surface area contributed by atoms with Gasteiger partial charge in [0.25, 0.3) is 0 Å². The number of aliphatic hydroxyl groups excluding tert-OH is 1. The number of aliphatic hydroxyl groups is 1. The van der Waals surface area contributed by atoms with Crippen LogP contribution in [0.3, 0.4) is 0 Å². The fraction of sp³-hybridized carbons (Fsp3) is 0.357. The molecule has 0 fully saturated rings. The number of methoxy groups -OCH3 is 1. The lowest BCUT2D eigenvalue weighted by atomic mass is 10.1. The highest BCUT2D eigenvalue weighted by Crippen LogP contribution is 2.27. The van der Waals surface area contributed by atoms with Crippen molar-refractivity contribution in [2.75, 3.05) is 7.11 Å². The Labute approximate surface area is 107 Å². The lowest BCUT2D eigenvalue weighted by molar-refractivity contribution is 0.151. The first-order chi connectivity index (χ1) is 8.61. The van der Waals surface area contributed by atoms with Gasteiger partial charge in [0, 0.05) is 18.0 Å². The van der Waals surface area contributed by atoms with Crippen LogP contribution in [0.4, 0.5) is 0 Å². The summed E-state index contributed by atoms with van der Waals surface area (Å²) in [5.74, 6) is 1.60. The Kier molecular flexibility index (Phi) is 3.67. The highest BCUT2D eigenvalue weighted by atomic mass is 16.5. The zero-order chi connectivity index (χ0) is 13.1. The van der Waals surface area contributed by atoms with Crippen molar-refractivity contribution < 1.29 is 9.84 Å². The second-order valence-electron chi connectivity index (χ2n) is 4.39. The molecule has 96 valence electrons. The summed E-state index contributed by atoms with van der Waals surface area (Å²) in [7, 11) is 1.61. The molecule has 0 spiro atoms. The molecule has 4 heteroatoms. The summed E-state index contributed by atoms with van der Waals surface area (Å²) < 4.78 is 7.21. The number of hydrogen-bond acceptors (Lipinski definition) is 3. The molecule has 0 bridgehead atoms. The van der Waals surface area contributed by atoms with Crippen LogP contribution < -0.4 is 4.74 Å². The van der Waals surface area contributed by atoms with Gasteiger partial charge in [-0.05, 0) is 26.0 Å². The van der Waals surface area contributed by atoms with Crippen molar-refractivity contribution in [3.63, 3.8) is 0 Å². The first-order valence-electron chi connectivity index (χ1n) is 5.92. The second kappa shape index (κ2) is 5.23. The summed E-state index contributed by atoms with van der Waals surface area (Å²) in [6, 6.07) is 5.81. The maximum Gasteiger partial charge on any atom is 0.124 e. The van der Waals surface area contributed by atoms with Gasteiger partial charge in [0.05, 0.1) is 13.7 Å². The fourth-order valence-electron chi connectivity index (χ4n) is 2.00. The predicted molar refractivity (Wildman–Crippen MR) is 69.7 cm³/mol. The largest absolute Gasteiger partial charge is 0.496 e. The Hall–Kier alpha value is -1.81. The van der Waals surface area contributed by atoms with E-state index in [1.165, 1.54) is 0 Å². The average molecular weight is 246 g/mol. The molecule has 1 N–H and O–H groups in total. The molecule has 2 rings (SSSR count). The van der Waals surface area contributed by atoms with Gasteiger partial charge in [-0.25, -0.2) is 4.98 Å². The minimum atomic E-state index is -0.604. The number of ether oxygens (including phenoxy) is 1. The SMILES string of the molecule is COc1ccc(C)cc1C(O)Cn1ccnc1C. The quantitative estimate of drug-likeness (QED) is 0.900. The van der Waals surface area contributed by atoms with E-state index in [4.69, 9.17) is 4.74 Å². The lowest BCUT2D eigenvalue weighted by Gasteiger charge is -2.16. The molecule has 2 aromatic rings. The van der Waals surface area contributed by atoms with Crippen molar-refractivity contribution >= 4 is 0 Å². The van der Waals surface area contributed by atoms with Gasteiger partial charge < -0.3 is 14.4 Å². The molecule has 1 unspecified atom stereocenters. The van der Waals surface area contributed by atoms with Crippen LogP contribution >= 0.6 is 0 Å². The van der Waals surface area contributed by atoms with E-state index in [0.717, 1.165) is 17.0 Å². The normalized spacial score (nSPS) is 12.4. The number of nitrogens with zero attached hydrogens (tertiary/aromatic N) is 2. The van der Waals surface area contributed by atoms with Gasteiger partial charge in [0.2, 0.25) is 0 Å². The minimum Gasteiger partial charge on any atom is -0.496 e. The topological polar surface area (TPSA) is 47.3 Å². The summed E-state index contributed by atoms with van der Waals surface area (Å²) >= 11 is 0. The molecule has 0 saturated heterocycles. The van der Waals surface area contributed by atoms with Crippen molar-refractivity contribution in [2.24, 2.45) is 0 Å². The molecular formula is C14H18N2O2. The van der Waals surface area contributed by atoms with Gasteiger partial charge in [0.15, 0.2) is 0 Å². The van der Waals surface area contributed by atoms with E-state index < -0.39 is 6.10 Å². The predicted octanol–water partition coefficient (Wildman–Crippen LogP) is 2.24. The first kappa shape index (κ1) is 12.6. The van der Waals surface area contributed by atoms with Crippen LogP contribution in [0.1, 0.15) is 23.1 Å². The maximum absolute atomic E-state index is 10.3. The smallest absolute Gasteiger partial charge is 0.124 e. The molecule has 4 nitrogen and oxygen atoms in total. The van der Waals surface area contributed by atoms with Gasteiger partial charge in [-0.3, -0.25) is 0 Å². The zero-order valence-corrected chi connectivity index (χ0v) is 10.9. The fourth-order valence-corrected chi connectivity index (χ4v) is 2.00. The highest BCUT2D eigenvalue weighted by Gasteiger charge is 2.14. The van der Waals surface area contributed by atoms with Crippen molar-refractivity contribution in [2.45, 2.75) is 26.5 Å². The molecule has 1 heterocycles. The monoisotopic (exact) mass is 246 g/mol. The summed E-state index contributed by atoms with van der Waals surface area (Å²) in [5.41, 5.74) is 1.91. The third kappa shape index (κ3) is 2.54. The van der Waals surface area contributed by atoms with Gasteiger partial charge >= 0.3 is 0 Å². The number of aryl methyl sites for hydroxylation is 2. The van der Waals surface area contributed by atoms with E-state index in [1.54, 1.807) is 13.3 Å². The van der Waals surface area contributed by atoms with Crippen LogP contribution in [0.5, 0.6) is 5.75 Å². The molecule has 1 atom stereocenters. The average Bonchev–Trinajstić information content (AvgIpc) is 2.75. The number of rotatable bonds is 4. The molecule has 0 saturated carbocycles. The van der Waals surface area contributed by atoms with E-state index >= 15 is 0 Å². The van der Waals surface area contributed by atoms with Crippen LogP contribution in [0, 0.1) is 13.8 Å². The van der Waals surface area contributed by atoms with Gasteiger partial charge in [-0.15, -0.1) is 0 Å². The Morgan fingerprint density at radius 2 is 2.17 bits per heavy atom. The lowest BCUT2D eigenvalue weighted by Crippen LogP contribution is -2.10. The zero-order valence-electron chi connectivity index (χ0n) is 10.9. The summed E-state index contributed by atoms with van der Waals surface area (Å²) in [4.78, 5) is 4.14. The third-order valence-corrected chi connectivity index (χ3v) is 3.04. The van der Waals surface area contributed by atoms with Crippen molar-refractivity contribution in [3.05, 3.63) is 47.5 Å². The molecule has 0 aliphatic carbocycles. The highest BCUT2D eigenvalue weighted by molar-refractivity contribution is 5.38. The first-order valence-corrected chi connectivity index (χ1v) is 5.92. The van der Waals surface area contributed by atoms with E-state index in [1.807, 2.05) is 42.8 Å². The summed E-state index contributed by atoms with van der Waals surface area (Å²) in [6.07, 6.45) is 2.99. The van der Waals surface area contributed by atoms with Gasteiger partial charge in [-0.2, -0.15) is 0 Å². The number of hydrogen-bond donors (Lipinski definition) is 1. The molecule has 0 aliphatic heterocycles. The van der Waals surface area contributed by atoms with Crippen LogP contribution in [0.2, 0.25) is 0 Å². The molecule has 1 aromatic heterocycles. The van der Waals surface area contributed by atoms with Crippen molar-refractivity contribution in [3.8, 4) is 5.75 Å². The van der Waals surface area contributed by atoms with Crippen LogP contribution in [0.15, 0.2) is 30.6 Å². The minimum absolute atomic E-state index is 0.478. The second-order valence-corrected chi connectivity index (χ2v) is 4.39. The third-order valence-electron chi connectivity index (χ3n) is 3.04. The van der Waals surface area contributed by atoms with Crippen molar-refractivity contribution in [1.29, 1.82) is 0 Å². The van der Waals surface area contributed by atoms with Gasteiger partial charge in [0.1, 0.15) is 17.7 Å². The van der Waals surface area contributed by atoms with Crippen LogP contribution in [0.25, 0.3) is 0 Å². The Morgan fingerprint density at radius 3 is 2.78 bits per heavy atom. The Morgan fingerprint density at radius 1 is 1.39 bits per heavy atom. The molecule has 1 aromatic carbocycles. The summed E-state index contributed by atoms with van der Waals surface area (Å²) in [5, 5.41) is 10.3. The molecule has 18 heavy (non-hydrogen) atoms. The van der Waals surface area contributed by atoms with Crippen LogP contribution in [-0.4, -0.2) is 21.8 Å². The molecule has 0 aliphatic rings. The Bertz CT molecular complexity index is 534. The number of aromatic nitrogens is 2. The number of benzene rings is 1. The Balaban J connectivity index is 2.25. The molecule has 0 amide bonds. The van der Waals surface area contributed by atoms with Gasteiger partial charge in [-0.1, -0.05) is 11.6 Å². The molecule has 0 radical (unpaired) electrons. The van der Waals surface area contributed by atoms with Crippen LogP contribution in [-0.2, 0) is 6.54 Å². The van der Waals surface area contributed by atoms with E-state index in [2.05, 4.69) is 4.98 Å². The van der Waals surface area contributed by atoms with Crippen molar-refractivity contribution in [1.82, 2.24) is 9.55 Å². The van der Waals surface area contributed by atoms with E-state index in [0.29, 0.717) is 12.3 Å². The molecular weight excluding hydrogens is 228 g/mol. The maximum atomic E-state index is 10.3. The number of imidazole rings is 1.